The lowest BCUT2D eigenvalue weighted by atomic mass is 10.1. The molecule has 0 heterocycles. The van der Waals surface area contributed by atoms with Crippen LogP contribution in [0.4, 0.5) is 5.69 Å². The first kappa shape index (κ1) is 16.0. The molecule has 0 radical (unpaired) electrons. The van der Waals surface area contributed by atoms with Crippen molar-refractivity contribution in [2.45, 2.75) is 20.0 Å². The highest BCUT2D eigenvalue weighted by Crippen LogP contribution is 2.29. The number of aliphatic hydroxyl groups excluding tert-OH is 1. The summed E-state index contributed by atoms with van der Waals surface area (Å²) in [6.45, 7) is 4.83. The number of carbonyl (C=O) groups excluding carboxylic acids is 1. The number of aliphatic hydroxyl groups is 1. The lowest BCUT2D eigenvalue weighted by Crippen LogP contribution is -2.36. The molecular formula is C14H21BrN2O2. The van der Waals surface area contributed by atoms with E-state index < -0.39 is 6.10 Å². The standard InChI is InChI=1S/C14H21BrN2O2/c1-5-17(9-14(19)16(3)4)13-7-6-11(10(2)18)8-12(13)15/h6-8,10,18H,5,9H2,1-4H3. The molecule has 19 heavy (non-hydrogen) atoms. The van der Waals surface area contributed by atoms with Crippen molar-refractivity contribution in [3.8, 4) is 0 Å². The third kappa shape index (κ3) is 4.21. The fraction of sp³-hybridized carbons (Fsp3) is 0.500. The Kier molecular flexibility index (Phi) is 5.82. The minimum atomic E-state index is -0.496. The number of benzene rings is 1. The monoisotopic (exact) mass is 328 g/mol. The third-order valence-electron chi connectivity index (χ3n) is 3.00. The van der Waals surface area contributed by atoms with E-state index in [0.717, 1.165) is 22.3 Å². The molecule has 0 saturated heterocycles. The second kappa shape index (κ2) is 6.91. The van der Waals surface area contributed by atoms with Crippen molar-refractivity contribution in [2.75, 3.05) is 32.1 Å². The minimum Gasteiger partial charge on any atom is -0.389 e. The van der Waals surface area contributed by atoms with Crippen LogP contribution in [0, 0.1) is 0 Å². The van der Waals surface area contributed by atoms with Gasteiger partial charge in [0.05, 0.1) is 18.3 Å². The average Bonchev–Trinajstić information content (AvgIpc) is 2.35. The molecule has 0 bridgehead atoms. The second-order valence-electron chi connectivity index (χ2n) is 4.69. The average molecular weight is 329 g/mol. The summed E-state index contributed by atoms with van der Waals surface area (Å²) in [6, 6.07) is 5.70. The Bertz CT molecular complexity index is 447. The Morgan fingerprint density at radius 3 is 2.47 bits per heavy atom. The van der Waals surface area contributed by atoms with Gasteiger partial charge < -0.3 is 14.9 Å². The molecule has 106 valence electrons. The molecule has 0 aliphatic heterocycles. The van der Waals surface area contributed by atoms with Crippen molar-refractivity contribution in [2.24, 2.45) is 0 Å². The zero-order chi connectivity index (χ0) is 14.6. The molecule has 0 fully saturated rings. The molecule has 1 atom stereocenters. The maximum absolute atomic E-state index is 11.8. The highest BCUT2D eigenvalue weighted by atomic mass is 79.9. The van der Waals surface area contributed by atoms with Gasteiger partial charge in [-0.05, 0) is 47.5 Å². The molecule has 1 rings (SSSR count). The van der Waals surface area contributed by atoms with E-state index in [4.69, 9.17) is 0 Å². The fourth-order valence-electron chi connectivity index (χ4n) is 1.71. The molecule has 0 aromatic heterocycles. The van der Waals surface area contributed by atoms with Crippen LogP contribution in [0.3, 0.4) is 0 Å². The Hall–Kier alpha value is -1.07. The largest absolute Gasteiger partial charge is 0.389 e. The summed E-state index contributed by atoms with van der Waals surface area (Å²) < 4.78 is 0.888. The lowest BCUT2D eigenvalue weighted by Gasteiger charge is -2.25. The maximum Gasteiger partial charge on any atom is 0.241 e. The molecular weight excluding hydrogens is 308 g/mol. The van der Waals surface area contributed by atoms with E-state index in [1.807, 2.05) is 30.0 Å². The maximum atomic E-state index is 11.8. The van der Waals surface area contributed by atoms with Crippen LogP contribution in [0.15, 0.2) is 22.7 Å². The molecule has 1 aromatic rings. The smallest absolute Gasteiger partial charge is 0.241 e. The van der Waals surface area contributed by atoms with E-state index >= 15 is 0 Å². The van der Waals surface area contributed by atoms with Gasteiger partial charge in [-0.2, -0.15) is 0 Å². The van der Waals surface area contributed by atoms with Crippen molar-refractivity contribution in [1.29, 1.82) is 0 Å². The predicted octanol–water partition coefficient (Wildman–Crippen LogP) is 2.42. The van der Waals surface area contributed by atoms with Crippen LogP contribution in [0.5, 0.6) is 0 Å². The lowest BCUT2D eigenvalue weighted by molar-refractivity contribution is -0.127. The molecule has 0 aliphatic rings. The fourth-order valence-corrected chi connectivity index (χ4v) is 2.36. The second-order valence-corrected chi connectivity index (χ2v) is 5.54. The van der Waals surface area contributed by atoms with Gasteiger partial charge in [0.25, 0.3) is 0 Å². The first-order valence-electron chi connectivity index (χ1n) is 6.29. The minimum absolute atomic E-state index is 0.0633. The van der Waals surface area contributed by atoms with Gasteiger partial charge in [0.2, 0.25) is 5.91 Å². The number of hydrogen-bond donors (Lipinski definition) is 1. The van der Waals surface area contributed by atoms with Gasteiger partial charge in [-0.3, -0.25) is 4.79 Å². The number of rotatable bonds is 5. The van der Waals surface area contributed by atoms with E-state index in [1.165, 1.54) is 0 Å². The molecule has 0 spiro atoms. The van der Waals surface area contributed by atoms with E-state index in [2.05, 4.69) is 15.9 Å². The van der Waals surface area contributed by atoms with Crippen LogP contribution >= 0.6 is 15.9 Å². The van der Waals surface area contributed by atoms with Crippen LogP contribution in [-0.4, -0.2) is 43.1 Å². The van der Waals surface area contributed by atoms with Crippen LogP contribution in [0.1, 0.15) is 25.5 Å². The third-order valence-corrected chi connectivity index (χ3v) is 3.64. The summed E-state index contributed by atoms with van der Waals surface area (Å²) >= 11 is 3.51. The summed E-state index contributed by atoms with van der Waals surface area (Å²) in [5.74, 6) is 0.0633. The molecule has 1 aromatic carbocycles. The van der Waals surface area contributed by atoms with Crippen LogP contribution in [-0.2, 0) is 4.79 Å². The molecule has 1 N–H and O–H groups in total. The summed E-state index contributed by atoms with van der Waals surface area (Å²) in [4.78, 5) is 15.4. The highest BCUT2D eigenvalue weighted by molar-refractivity contribution is 9.10. The summed E-state index contributed by atoms with van der Waals surface area (Å²) in [5, 5.41) is 9.56. The van der Waals surface area contributed by atoms with Gasteiger partial charge in [-0.1, -0.05) is 6.07 Å². The van der Waals surface area contributed by atoms with Gasteiger partial charge in [-0.15, -0.1) is 0 Å². The molecule has 5 heteroatoms. The zero-order valence-corrected chi connectivity index (χ0v) is 13.4. The number of anilines is 1. The van der Waals surface area contributed by atoms with Gasteiger partial charge in [0, 0.05) is 25.1 Å². The van der Waals surface area contributed by atoms with Crippen molar-refractivity contribution in [1.82, 2.24) is 4.90 Å². The van der Waals surface area contributed by atoms with Crippen molar-refractivity contribution in [3.63, 3.8) is 0 Å². The topological polar surface area (TPSA) is 43.8 Å². The van der Waals surface area contributed by atoms with Crippen LogP contribution < -0.4 is 4.90 Å². The summed E-state index contributed by atoms with van der Waals surface area (Å²) in [5.41, 5.74) is 1.81. The molecule has 1 unspecified atom stereocenters. The molecule has 4 nitrogen and oxygen atoms in total. The predicted molar refractivity (Wildman–Crippen MR) is 81.4 cm³/mol. The number of nitrogens with zero attached hydrogens (tertiary/aromatic N) is 2. The highest BCUT2D eigenvalue weighted by Gasteiger charge is 2.15. The Morgan fingerprint density at radius 1 is 1.42 bits per heavy atom. The van der Waals surface area contributed by atoms with Gasteiger partial charge in [0.15, 0.2) is 0 Å². The van der Waals surface area contributed by atoms with Gasteiger partial charge in [0.1, 0.15) is 0 Å². The van der Waals surface area contributed by atoms with Crippen LogP contribution in [0.2, 0.25) is 0 Å². The van der Waals surface area contributed by atoms with Gasteiger partial charge >= 0.3 is 0 Å². The SMILES string of the molecule is CCN(CC(=O)N(C)C)c1ccc(C(C)O)cc1Br. The van der Waals surface area contributed by atoms with Crippen LogP contribution in [0.25, 0.3) is 0 Å². The van der Waals surface area contributed by atoms with E-state index in [1.54, 1.807) is 25.9 Å². The summed E-state index contributed by atoms with van der Waals surface area (Å²) in [6.07, 6.45) is -0.496. The Balaban J connectivity index is 2.96. The number of amides is 1. The zero-order valence-electron chi connectivity index (χ0n) is 11.9. The Labute approximate surface area is 123 Å². The van der Waals surface area contributed by atoms with E-state index in [-0.39, 0.29) is 5.91 Å². The van der Waals surface area contributed by atoms with E-state index in [9.17, 15) is 9.90 Å². The molecule has 0 saturated carbocycles. The number of carbonyl (C=O) groups is 1. The normalized spacial score (nSPS) is 12.1. The van der Waals surface area contributed by atoms with E-state index in [0.29, 0.717) is 6.54 Å². The van der Waals surface area contributed by atoms with Gasteiger partial charge in [-0.25, -0.2) is 0 Å². The Morgan fingerprint density at radius 2 is 2.05 bits per heavy atom. The first-order chi connectivity index (χ1) is 8.86. The number of likely N-dealkylation sites (N-methyl/N-ethyl adjacent to an activating group) is 2. The van der Waals surface area contributed by atoms with Crippen molar-refractivity contribution in [3.05, 3.63) is 28.2 Å². The summed E-state index contributed by atoms with van der Waals surface area (Å²) in [7, 11) is 3.50. The quantitative estimate of drug-likeness (QED) is 0.902. The molecule has 1 amide bonds. The number of hydrogen-bond acceptors (Lipinski definition) is 3. The van der Waals surface area contributed by atoms with Crippen molar-refractivity contribution >= 4 is 27.5 Å². The first-order valence-corrected chi connectivity index (χ1v) is 7.08. The number of halogens is 1. The van der Waals surface area contributed by atoms with Crippen molar-refractivity contribution < 1.29 is 9.90 Å². The molecule has 0 aliphatic carbocycles.